The van der Waals surface area contributed by atoms with Crippen molar-refractivity contribution in [3.8, 4) is 11.3 Å². The lowest BCUT2D eigenvalue weighted by molar-refractivity contribution is -0.121. The second kappa shape index (κ2) is 7.80. The Hall–Kier alpha value is -2.07. The minimum absolute atomic E-state index is 0.101. The van der Waals surface area contributed by atoms with E-state index >= 15 is 0 Å². The Morgan fingerprint density at radius 2 is 1.91 bits per heavy atom. The summed E-state index contributed by atoms with van der Waals surface area (Å²) in [6.07, 6.45) is 1.24. The number of aryl methyl sites for hydroxylation is 1. The highest BCUT2D eigenvalue weighted by molar-refractivity contribution is 5.76. The second-order valence-electron chi connectivity index (χ2n) is 5.88. The van der Waals surface area contributed by atoms with E-state index in [2.05, 4.69) is 46.4 Å². The molecule has 2 N–H and O–H groups in total. The first-order valence-electron chi connectivity index (χ1n) is 7.72. The number of carbonyl (C=O) groups is 1. The second-order valence-corrected chi connectivity index (χ2v) is 5.88. The molecule has 22 heavy (non-hydrogen) atoms. The summed E-state index contributed by atoms with van der Waals surface area (Å²) in [4.78, 5) is 17.4. The molecule has 1 atom stereocenters. The van der Waals surface area contributed by atoms with Crippen LogP contribution in [-0.4, -0.2) is 42.5 Å². The van der Waals surface area contributed by atoms with Crippen LogP contribution >= 0.6 is 0 Å². The van der Waals surface area contributed by atoms with Gasteiger partial charge in [-0.05, 0) is 45.1 Å². The number of hydrogen-bond acceptors (Lipinski definition) is 2. The van der Waals surface area contributed by atoms with Crippen LogP contribution in [0.3, 0.4) is 0 Å². The zero-order valence-corrected chi connectivity index (χ0v) is 13.6. The maximum Gasteiger partial charge on any atom is 0.220 e. The van der Waals surface area contributed by atoms with E-state index in [0.717, 1.165) is 23.4 Å². The molecule has 0 spiro atoms. The SMILES string of the molecule is C[C@H](CNC(=O)CCc1ccc(-c2ccccc2)[nH]1)N(C)C. The average Bonchev–Trinajstić information content (AvgIpc) is 3.00. The summed E-state index contributed by atoms with van der Waals surface area (Å²) in [5, 5.41) is 2.98. The van der Waals surface area contributed by atoms with E-state index in [9.17, 15) is 4.79 Å². The van der Waals surface area contributed by atoms with Crippen molar-refractivity contribution in [3.05, 3.63) is 48.2 Å². The molecule has 0 aliphatic rings. The van der Waals surface area contributed by atoms with E-state index in [0.29, 0.717) is 19.0 Å². The van der Waals surface area contributed by atoms with E-state index in [1.165, 1.54) is 0 Å². The quantitative estimate of drug-likeness (QED) is 0.826. The largest absolute Gasteiger partial charge is 0.358 e. The zero-order valence-electron chi connectivity index (χ0n) is 13.6. The topological polar surface area (TPSA) is 48.1 Å². The zero-order chi connectivity index (χ0) is 15.9. The molecule has 0 bridgehead atoms. The fraction of sp³-hybridized carbons (Fsp3) is 0.389. The summed E-state index contributed by atoms with van der Waals surface area (Å²) in [6.45, 7) is 2.78. The molecule has 1 aromatic heterocycles. The molecular formula is C18H25N3O. The van der Waals surface area contributed by atoms with Crippen molar-refractivity contribution in [1.29, 1.82) is 0 Å². The molecule has 2 aromatic rings. The first kappa shape index (κ1) is 16.3. The van der Waals surface area contributed by atoms with Gasteiger partial charge in [0.15, 0.2) is 0 Å². The first-order chi connectivity index (χ1) is 10.6. The molecule has 1 amide bonds. The monoisotopic (exact) mass is 299 g/mol. The lowest BCUT2D eigenvalue weighted by Crippen LogP contribution is -2.38. The number of likely N-dealkylation sites (N-methyl/N-ethyl adjacent to an activating group) is 1. The fourth-order valence-corrected chi connectivity index (χ4v) is 2.15. The van der Waals surface area contributed by atoms with E-state index < -0.39 is 0 Å². The van der Waals surface area contributed by atoms with Gasteiger partial charge in [-0.2, -0.15) is 0 Å². The standard InChI is InChI=1S/C18H25N3O/c1-14(21(2)3)13-19-18(22)12-10-16-9-11-17(20-16)15-7-5-4-6-8-15/h4-9,11,14,20H,10,12-13H2,1-3H3,(H,19,22)/t14-/m1/s1. The van der Waals surface area contributed by atoms with Gasteiger partial charge in [-0.25, -0.2) is 0 Å². The van der Waals surface area contributed by atoms with Gasteiger partial charge in [0.05, 0.1) is 0 Å². The minimum Gasteiger partial charge on any atom is -0.358 e. The van der Waals surface area contributed by atoms with Crippen LogP contribution in [0, 0.1) is 0 Å². The molecule has 1 heterocycles. The number of amides is 1. The maximum absolute atomic E-state index is 11.9. The summed E-state index contributed by atoms with van der Waals surface area (Å²) in [7, 11) is 4.03. The number of aromatic amines is 1. The molecule has 2 rings (SSSR count). The summed E-state index contributed by atoms with van der Waals surface area (Å²) in [5.41, 5.74) is 3.35. The smallest absolute Gasteiger partial charge is 0.220 e. The van der Waals surface area contributed by atoms with Crippen molar-refractivity contribution in [2.45, 2.75) is 25.8 Å². The fourth-order valence-electron chi connectivity index (χ4n) is 2.15. The summed E-state index contributed by atoms with van der Waals surface area (Å²) < 4.78 is 0. The van der Waals surface area contributed by atoms with Crippen LogP contribution in [0.1, 0.15) is 19.0 Å². The normalized spacial score (nSPS) is 12.4. The predicted octanol–water partition coefficient (Wildman–Crippen LogP) is 2.68. The van der Waals surface area contributed by atoms with E-state index in [1.807, 2.05) is 32.3 Å². The van der Waals surface area contributed by atoms with E-state index in [1.54, 1.807) is 0 Å². The number of carbonyl (C=O) groups excluding carboxylic acids is 1. The molecular weight excluding hydrogens is 274 g/mol. The van der Waals surface area contributed by atoms with Crippen molar-refractivity contribution in [3.63, 3.8) is 0 Å². The number of aromatic nitrogens is 1. The minimum atomic E-state index is 0.101. The highest BCUT2D eigenvalue weighted by atomic mass is 16.1. The summed E-state index contributed by atoms with van der Waals surface area (Å²) in [6, 6.07) is 14.7. The summed E-state index contributed by atoms with van der Waals surface area (Å²) >= 11 is 0. The number of rotatable bonds is 7. The van der Waals surface area contributed by atoms with Gasteiger partial charge in [0.1, 0.15) is 0 Å². The third-order valence-corrected chi connectivity index (χ3v) is 3.93. The highest BCUT2D eigenvalue weighted by Crippen LogP contribution is 2.18. The van der Waals surface area contributed by atoms with Gasteiger partial charge in [-0.3, -0.25) is 4.79 Å². The molecule has 0 aliphatic heterocycles. The Labute approximate surface area is 132 Å². The van der Waals surface area contributed by atoms with Gasteiger partial charge in [0.25, 0.3) is 0 Å². The predicted molar refractivity (Wildman–Crippen MR) is 90.7 cm³/mol. The molecule has 0 fully saturated rings. The Bertz CT molecular complexity index is 589. The lowest BCUT2D eigenvalue weighted by Gasteiger charge is -2.19. The van der Waals surface area contributed by atoms with E-state index in [-0.39, 0.29) is 5.91 Å². The number of hydrogen-bond donors (Lipinski definition) is 2. The Balaban J connectivity index is 1.80. The molecule has 0 radical (unpaired) electrons. The van der Waals surface area contributed by atoms with Crippen molar-refractivity contribution < 1.29 is 4.79 Å². The van der Waals surface area contributed by atoms with Gasteiger partial charge in [-0.1, -0.05) is 30.3 Å². The van der Waals surface area contributed by atoms with Crippen LogP contribution in [0.15, 0.2) is 42.5 Å². The third-order valence-electron chi connectivity index (χ3n) is 3.93. The average molecular weight is 299 g/mol. The molecule has 4 nitrogen and oxygen atoms in total. The highest BCUT2D eigenvalue weighted by Gasteiger charge is 2.08. The third kappa shape index (κ3) is 4.74. The number of H-pyrrole nitrogens is 1. The Morgan fingerprint density at radius 3 is 2.59 bits per heavy atom. The lowest BCUT2D eigenvalue weighted by atomic mass is 10.2. The van der Waals surface area contributed by atoms with Crippen molar-refractivity contribution in [2.75, 3.05) is 20.6 Å². The number of nitrogens with zero attached hydrogens (tertiary/aromatic N) is 1. The number of nitrogens with one attached hydrogen (secondary N) is 2. The number of benzene rings is 1. The van der Waals surface area contributed by atoms with Crippen LogP contribution in [0.2, 0.25) is 0 Å². The summed E-state index contributed by atoms with van der Waals surface area (Å²) in [5.74, 6) is 0.101. The molecule has 0 aliphatic carbocycles. The van der Waals surface area contributed by atoms with Crippen molar-refractivity contribution in [2.24, 2.45) is 0 Å². The van der Waals surface area contributed by atoms with Gasteiger partial charge >= 0.3 is 0 Å². The molecule has 0 saturated heterocycles. The van der Waals surface area contributed by atoms with Crippen molar-refractivity contribution >= 4 is 5.91 Å². The molecule has 118 valence electrons. The Kier molecular flexibility index (Phi) is 5.78. The van der Waals surface area contributed by atoms with Crippen LogP contribution < -0.4 is 5.32 Å². The Morgan fingerprint density at radius 1 is 1.18 bits per heavy atom. The van der Waals surface area contributed by atoms with Crippen molar-refractivity contribution in [1.82, 2.24) is 15.2 Å². The van der Waals surface area contributed by atoms with Gasteiger partial charge in [0, 0.05) is 30.4 Å². The maximum atomic E-state index is 11.9. The van der Waals surface area contributed by atoms with Crippen LogP contribution in [0.5, 0.6) is 0 Å². The molecule has 0 unspecified atom stereocenters. The van der Waals surface area contributed by atoms with Crippen LogP contribution in [0.25, 0.3) is 11.3 Å². The molecule has 4 heteroatoms. The van der Waals surface area contributed by atoms with E-state index in [4.69, 9.17) is 0 Å². The first-order valence-corrected chi connectivity index (χ1v) is 7.72. The van der Waals surface area contributed by atoms with Crippen LogP contribution in [-0.2, 0) is 11.2 Å². The van der Waals surface area contributed by atoms with Gasteiger partial charge < -0.3 is 15.2 Å². The van der Waals surface area contributed by atoms with Gasteiger partial charge in [0.2, 0.25) is 5.91 Å². The van der Waals surface area contributed by atoms with Crippen LogP contribution in [0.4, 0.5) is 0 Å². The molecule has 1 aromatic carbocycles. The molecule has 0 saturated carbocycles. The van der Waals surface area contributed by atoms with Gasteiger partial charge in [-0.15, -0.1) is 0 Å².